The molecule has 1 N–H and O–H groups in total. The van der Waals surface area contributed by atoms with Crippen molar-refractivity contribution in [3.8, 4) is 0 Å². The zero-order valence-electron chi connectivity index (χ0n) is 15.5. The molecule has 1 aliphatic rings. The van der Waals surface area contributed by atoms with Crippen molar-refractivity contribution in [3.05, 3.63) is 59.7 Å². The molecule has 1 fully saturated rings. The Morgan fingerprint density at radius 2 is 1.82 bits per heavy atom. The maximum absolute atomic E-state index is 13.9. The Labute approximate surface area is 163 Å². The van der Waals surface area contributed by atoms with Crippen molar-refractivity contribution in [2.24, 2.45) is 5.92 Å². The summed E-state index contributed by atoms with van der Waals surface area (Å²) in [7, 11) is -4.15. The monoisotopic (exact) mass is 408 g/mol. The average Bonchev–Trinajstić information content (AvgIpc) is 2.70. The van der Waals surface area contributed by atoms with Gasteiger partial charge in [0.15, 0.2) is 0 Å². The lowest BCUT2D eigenvalue weighted by Gasteiger charge is -2.30. The standard InChI is InChI=1S/C20H22F2N2O3S/c1-2-14-5-3-4-6-18(14)23-20(25)15-9-11-24(12-10-15)28(26,27)19-13-16(21)7-8-17(19)22/h3-8,13,15H,2,9-12H2,1H3,(H,23,25). The van der Waals surface area contributed by atoms with Crippen LogP contribution in [0.1, 0.15) is 25.3 Å². The summed E-state index contributed by atoms with van der Waals surface area (Å²) in [5, 5.41) is 2.92. The van der Waals surface area contributed by atoms with E-state index in [0.29, 0.717) is 18.9 Å². The molecule has 8 heteroatoms. The van der Waals surface area contributed by atoms with Gasteiger partial charge < -0.3 is 5.32 Å². The van der Waals surface area contributed by atoms with Crippen LogP contribution in [0.4, 0.5) is 14.5 Å². The van der Waals surface area contributed by atoms with Gasteiger partial charge in [0, 0.05) is 24.7 Å². The molecule has 0 atom stereocenters. The van der Waals surface area contributed by atoms with E-state index in [4.69, 9.17) is 0 Å². The minimum atomic E-state index is -4.15. The van der Waals surface area contributed by atoms with Gasteiger partial charge in [-0.1, -0.05) is 25.1 Å². The second kappa shape index (κ2) is 8.36. The highest BCUT2D eigenvalue weighted by molar-refractivity contribution is 7.89. The van der Waals surface area contributed by atoms with Crippen molar-refractivity contribution in [2.75, 3.05) is 18.4 Å². The van der Waals surface area contributed by atoms with Gasteiger partial charge >= 0.3 is 0 Å². The molecule has 1 amide bonds. The molecule has 0 spiro atoms. The molecular weight excluding hydrogens is 386 g/mol. The van der Waals surface area contributed by atoms with Gasteiger partial charge in [0.05, 0.1) is 0 Å². The zero-order valence-corrected chi connectivity index (χ0v) is 16.3. The number of carbonyl (C=O) groups excluding carboxylic acids is 1. The van der Waals surface area contributed by atoms with Gasteiger partial charge in [-0.3, -0.25) is 4.79 Å². The highest BCUT2D eigenvalue weighted by atomic mass is 32.2. The highest BCUT2D eigenvalue weighted by Crippen LogP contribution is 2.27. The van der Waals surface area contributed by atoms with E-state index in [1.54, 1.807) is 0 Å². The number of rotatable bonds is 5. The van der Waals surface area contributed by atoms with E-state index in [2.05, 4.69) is 5.32 Å². The van der Waals surface area contributed by atoms with Crippen LogP contribution in [-0.2, 0) is 21.2 Å². The van der Waals surface area contributed by atoms with Crippen LogP contribution in [0.3, 0.4) is 0 Å². The fourth-order valence-corrected chi connectivity index (χ4v) is 4.90. The van der Waals surface area contributed by atoms with E-state index in [9.17, 15) is 22.0 Å². The van der Waals surface area contributed by atoms with Gasteiger partial charge in [-0.05, 0) is 49.1 Å². The smallest absolute Gasteiger partial charge is 0.246 e. The SMILES string of the molecule is CCc1ccccc1NC(=O)C1CCN(S(=O)(=O)c2cc(F)ccc2F)CC1. The Balaban J connectivity index is 1.67. The first-order chi connectivity index (χ1) is 13.3. The normalized spacial score (nSPS) is 16.1. The second-order valence-corrected chi connectivity index (χ2v) is 8.66. The molecule has 0 bridgehead atoms. The molecule has 1 aliphatic heterocycles. The third-order valence-electron chi connectivity index (χ3n) is 4.99. The number of halogens is 2. The van der Waals surface area contributed by atoms with Crippen LogP contribution in [0, 0.1) is 17.6 Å². The van der Waals surface area contributed by atoms with E-state index in [0.717, 1.165) is 34.1 Å². The van der Waals surface area contributed by atoms with Gasteiger partial charge in [0.2, 0.25) is 15.9 Å². The van der Waals surface area contributed by atoms with Crippen molar-refractivity contribution in [1.29, 1.82) is 0 Å². The molecule has 1 saturated heterocycles. The number of para-hydroxylation sites is 1. The quantitative estimate of drug-likeness (QED) is 0.823. The number of benzene rings is 2. The minimum Gasteiger partial charge on any atom is -0.326 e. The number of hydrogen-bond acceptors (Lipinski definition) is 3. The molecule has 0 aliphatic carbocycles. The maximum Gasteiger partial charge on any atom is 0.246 e. The molecule has 3 rings (SSSR count). The zero-order chi connectivity index (χ0) is 20.3. The lowest BCUT2D eigenvalue weighted by Crippen LogP contribution is -2.41. The number of amides is 1. The summed E-state index contributed by atoms with van der Waals surface area (Å²) in [5.74, 6) is -2.30. The fourth-order valence-electron chi connectivity index (χ4n) is 3.36. The topological polar surface area (TPSA) is 66.5 Å². The summed E-state index contributed by atoms with van der Waals surface area (Å²) >= 11 is 0. The van der Waals surface area contributed by atoms with Gasteiger partial charge in [-0.15, -0.1) is 0 Å². The van der Waals surface area contributed by atoms with Crippen molar-refractivity contribution in [1.82, 2.24) is 4.31 Å². The number of aryl methyl sites for hydroxylation is 1. The summed E-state index contributed by atoms with van der Waals surface area (Å²) in [6.45, 7) is 2.15. The summed E-state index contributed by atoms with van der Waals surface area (Å²) in [6, 6.07) is 9.89. The van der Waals surface area contributed by atoms with Crippen molar-refractivity contribution in [3.63, 3.8) is 0 Å². The molecular formula is C20H22F2N2O3S. The summed E-state index contributed by atoms with van der Waals surface area (Å²) in [5.41, 5.74) is 1.78. The molecule has 1 heterocycles. The van der Waals surface area contributed by atoms with Crippen LogP contribution in [0.5, 0.6) is 0 Å². The average molecular weight is 408 g/mol. The highest BCUT2D eigenvalue weighted by Gasteiger charge is 2.33. The van der Waals surface area contributed by atoms with Crippen LogP contribution in [0.25, 0.3) is 0 Å². The molecule has 0 unspecified atom stereocenters. The van der Waals surface area contributed by atoms with Crippen LogP contribution in [-0.4, -0.2) is 31.7 Å². The van der Waals surface area contributed by atoms with E-state index in [-0.39, 0.29) is 24.9 Å². The van der Waals surface area contributed by atoms with E-state index in [1.807, 2.05) is 31.2 Å². The Hall–Kier alpha value is -2.32. The molecule has 2 aromatic carbocycles. The molecule has 2 aromatic rings. The number of nitrogens with one attached hydrogen (secondary N) is 1. The summed E-state index contributed by atoms with van der Waals surface area (Å²) in [6.07, 6.45) is 1.42. The van der Waals surface area contributed by atoms with Gasteiger partial charge in [0.1, 0.15) is 16.5 Å². The molecule has 0 aromatic heterocycles. The van der Waals surface area contributed by atoms with E-state index in [1.165, 1.54) is 0 Å². The molecule has 28 heavy (non-hydrogen) atoms. The van der Waals surface area contributed by atoms with Gasteiger partial charge in [0.25, 0.3) is 0 Å². The van der Waals surface area contributed by atoms with Crippen molar-refractivity contribution in [2.45, 2.75) is 31.1 Å². The summed E-state index contributed by atoms with van der Waals surface area (Å²) < 4.78 is 53.6. The van der Waals surface area contributed by atoms with Crippen LogP contribution < -0.4 is 5.32 Å². The number of sulfonamides is 1. The largest absolute Gasteiger partial charge is 0.326 e. The second-order valence-electron chi connectivity index (χ2n) is 6.75. The minimum absolute atomic E-state index is 0.0752. The Morgan fingerprint density at radius 3 is 2.50 bits per heavy atom. The number of nitrogens with zero attached hydrogens (tertiary/aromatic N) is 1. The lowest BCUT2D eigenvalue weighted by atomic mass is 9.97. The molecule has 0 saturated carbocycles. The predicted molar refractivity (Wildman–Crippen MR) is 102 cm³/mol. The number of anilines is 1. The fraction of sp³-hybridized carbons (Fsp3) is 0.350. The van der Waals surface area contributed by atoms with E-state index >= 15 is 0 Å². The Morgan fingerprint density at radius 1 is 1.14 bits per heavy atom. The first-order valence-electron chi connectivity index (χ1n) is 9.17. The first-order valence-corrected chi connectivity index (χ1v) is 10.6. The molecule has 0 radical (unpaired) electrons. The molecule has 5 nitrogen and oxygen atoms in total. The number of hydrogen-bond donors (Lipinski definition) is 1. The Bertz CT molecular complexity index is 971. The van der Waals surface area contributed by atoms with Gasteiger partial charge in [-0.25, -0.2) is 17.2 Å². The van der Waals surface area contributed by atoms with E-state index < -0.39 is 26.6 Å². The summed E-state index contributed by atoms with van der Waals surface area (Å²) in [4.78, 5) is 11.9. The predicted octanol–water partition coefficient (Wildman–Crippen LogP) is 3.57. The van der Waals surface area contributed by atoms with Crippen molar-refractivity contribution < 1.29 is 22.0 Å². The van der Waals surface area contributed by atoms with Crippen molar-refractivity contribution >= 4 is 21.6 Å². The first kappa shape index (κ1) is 20.4. The maximum atomic E-state index is 13.9. The third kappa shape index (κ3) is 4.23. The Kier molecular flexibility index (Phi) is 6.10. The van der Waals surface area contributed by atoms with Gasteiger partial charge in [-0.2, -0.15) is 4.31 Å². The number of carbonyl (C=O) groups is 1. The third-order valence-corrected chi connectivity index (χ3v) is 6.91. The lowest BCUT2D eigenvalue weighted by molar-refractivity contribution is -0.120. The van der Waals surface area contributed by atoms with Crippen LogP contribution >= 0.6 is 0 Å². The van der Waals surface area contributed by atoms with Crippen LogP contribution in [0.15, 0.2) is 47.4 Å². The number of piperidine rings is 1. The van der Waals surface area contributed by atoms with Crippen LogP contribution in [0.2, 0.25) is 0 Å². The molecule has 150 valence electrons.